The van der Waals surface area contributed by atoms with Crippen LogP contribution in [0.2, 0.25) is 0 Å². The number of hydrogen-bond donors (Lipinski definition) is 0. The summed E-state index contributed by atoms with van der Waals surface area (Å²) in [5, 5.41) is 4.23. The molecule has 5 nitrogen and oxygen atoms in total. The van der Waals surface area contributed by atoms with Gasteiger partial charge in [0.05, 0.1) is 6.20 Å². The number of carbonyl (C=O) groups excluding carboxylic acids is 1. The van der Waals surface area contributed by atoms with Crippen LogP contribution < -0.4 is 0 Å². The van der Waals surface area contributed by atoms with Crippen molar-refractivity contribution in [1.29, 1.82) is 0 Å². The molecule has 2 heterocycles. The summed E-state index contributed by atoms with van der Waals surface area (Å²) in [6, 6.07) is 13.8. The quantitative estimate of drug-likeness (QED) is 0.742. The van der Waals surface area contributed by atoms with E-state index in [0.717, 1.165) is 11.4 Å². The summed E-state index contributed by atoms with van der Waals surface area (Å²) in [6.45, 7) is 0.569. The average molecular weight is 294 g/mol. The molecule has 22 heavy (non-hydrogen) atoms. The van der Waals surface area contributed by atoms with Crippen molar-refractivity contribution in [3.8, 4) is 5.82 Å². The second kappa shape index (κ2) is 5.89. The maximum atomic E-state index is 12.7. The third-order valence-electron chi connectivity index (χ3n) is 3.60. The number of benzene rings is 1. The molecule has 1 amide bonds. The zero-order valence-electron chi connectivity index (χ0n) is 12.7. The van der Waals surface area contributed by atoms with Gasteiger partial charge < -0.3 is 9.47 Å². The lowest BCUT2D eigenvalue weighted by atomic mass is 10.2. The van der Waals surface area contributed by atoms with E-state index in [2.05, 4.69) is 5.10 Å². The lowest BCUT2D eigenvalue weighted by molar-refractivity contribution is 0.0785. The average Bonchev–Trinajstić information content (AvgIpc) is 3.16. The molecule has 0 radical (unpaired) electrons. The van der Waals surface area contributed by atoms with E-state index < -0.39 is 0 Å². The number of hydrogen-bond acceptors (Lipinski definition) is 2. The van der Waals surface area contributed by atoms with Crippen LogP contribution in [0.25, 0.3) is 5.82 Å². The van der Waals surface area contributed by atoms with E-state index in [-0.39, 0.29) is 5.91 Å². The Balaban J connectivity index is 1.87. The second-order valence-electron chi connectivity index (χ2n) is 5.24. The minimum Gasteiger partial charge on any atom is -0.337 e. The molecular formula is C17H18N4O. The van der Waals surface area contributed by atoms with Crippen LogP contribution in [0, 0.1) is 0 Å². The van der Waals surface area contributed by atoms with Gasteiger partial charge in [-0.2, -0.15) is 5.10 Å². The molecule has 0 unspecified atom stereocenters. The smallest absolute Gasteiger partial charge is 0.259 e. The standard InChI is InChI=1S/C17H18N4O/c1-19(13-14-8-4-3-5-9-14)17(22)15-12-18-20(2)16(15)21-10-6-7-11-21/h3-12H,13H2,1-2H3. The molecule has 0 saturated carbocycles. The van der Waals surface area contributed by atoms with Gasteiger partial charge in [0.25, 0.3) is 5.91 Å². The van der Waals surface area contributed by atoms with Crippen LogP contribution in [0.4, 0.5) is 0 Å². The molecule has 0 aliphatic heterocycles. The Morgan fingerprint density at radius 3 is 2.50 bits per heavy atom. The summed E-state index contributed by atoms with van der Waals surface area (Å²) in [7, 11) is 3.64. The highest BCUT2D eigenvalue weighted by Gasteiger charge is 2.20. The zero-order chi connectivity index (χ0) is 15.5. The SMILES string of the molecule is CN(Cc1ccccc1)C(=O)c1cnn(C)c1-n1cccc1. The van der Waals surface area contributed by atoms with Crippen LogP contribution >= 0.6 is 0 Å². The molecular weight excluding hydrogens is 276 g/mol. The Morgan fingerprint density at radius 2 is 1.82 bits per heavy atom. The van der Waals surface area contributed by atoms with Crippen LogP contribution in [0.1, 0.15) is 15.9 Å². The van der Waals surface area contributed by atoms with Gasteiger partial charge >= 0.3 is 0 Å². The largest absolute Gasteiger partial charge is 0.337 e. The first-order chi connectivity index (χ1) is 10.7. The summed E-state index contributed by atoms with van der Waals surface area (Å²) in [5.74, 6) is 0.732. The monoisotopic (exact) mass is 294 g/mol. The molecule has 0 aliphatic rings. The molecule has 0 N–H and O–H groups in total. The summed E-state index contributed by atoms with van der Waals surface area (Å²) < 4.78 is 3.61. The first kappa shape index (κ1) is 14.1. The third kappa shape index (κ3) is 2.65. The predicted octanol–water partition coefficient (Wildman–Crippen LogP) is 2.48. The van der Waals surface area contributed by atoms with Crippen LogP contribution in [0.15, 0.2) is 61.1 Å². The van der Waals surface area contributed by atoms with E-state index in [4.69, 9.17) is 0 Å². The Bertz CT molecular complexity index is 759. The molecule has 0 atom stereocenters. The normalized spacial score (nSPS) is 10.6. The number of amides is 1. The van der Waals surface area contributed by atoms with Crippen LogP contribution in [0.3, 0.4) is 0 Å². The van der Waals surface area contributed by atoms with E-state index in [1.165, 1.54) is 0 Å². The minimum absolute atomic E-state index is 0.0411. The van der Waals surface area contributed by atoms with Crippen molar-refractivity contribution >= 4 is 5.91 Å². The van der Waals surface area contributed by atoms with Crippen LogP contribution in [-0.2, 0) is 13.6 Å². The summed E-state index contributed by atoms with van der Waals surface area (Å²) >= 11 is 0. The highest BCUT2D eigenvalue weighted by atomic mass is 16.2. The lowest BCUT2D eigenvalue weighted by Crippen LogP contribution is -2.27. The molecule has 0 aliphatic carbocycles. The molecule has 112 valence electrons. The van der Waals surface area contributed by atoms with Crippen molar-refractivity contribution < 1.29 is 4.79 Å². The first-order valence-corrected chi connectivity index (χ1v) is 7.11. The lowest BCUT2D eigenvalue weighted by Gasteiger charge is -2.17. The number of rotatable bonds is 4. The molecule has 5 heteroatoms. The van der Waals surface area contributed by atoms with Crippen LogP contribution in [-0.4, -0.2) is 32.2 Å². The van der Waals surface area contributed by atoms with Gasteiger partial charge in [0, 0.05) is 33.0 Å². The van der Waals surface area contributed by atoms with Gasteiger partial charge in [-0.05, 0) is 17.7 Å². The summed E-state index contributed by atoms with van der Waals surface area (Å²) in [6.07, 6.45) is 5.44. The van der Waals surface area contributed by atoms with E-state index in [0.29, 0.717) is 12.1 Å². The summed E-state index contributed by atoms with van der Waals surface area (Å²) in [5.41, 5.74) is 1.70. The minimum atomic E-state index is -0.0411. The number of nitrogens with zero attached hydrogens (tertiary/aromatic N) is 4. The van der Waals surface area contributed by atoms with Gasteiger partial charge in [-0.25, -0.2) is 0 Å². The van der Waals surface area contributed by atoms with E-state index in [1.54, 1.807) is 15.8 Å². The first-order valence-electron chi connectivity index (χ1n) is 7.11. The highest BCUT2D eigenvalue weighted by molar-refractivity contribution is 5.96. The number of aromatic nitrogens is 3. The van der Waals surface area contributed by atoms with Crippen molar-refractivity contribution in [3.05, 3.63) is 72.2 Å². The van der Waals surface area contributed by atoms with Gasteiger partial charge in [-0.1, -0.05) is 30.3 Å². The second-order valence-corrected chi connectivity index (χ2v) is 5.24. The summed E-state index contributed by atoms with van der Waals surface area (Å²) in [4.78, 5) is 14.4. The van der Waals surface area contributed by atoms with Crippen molar-refractivity contribution in [3.63, 3.8) is 0 Å². The van der Waals surface area contributed by atoms with Crippen LogP contribution in [0.5, 0.6) is 0 Å². The van der Waals surface area contributed by atoms with Gasteiger partial charge in [0.1, 0.15) is 11.4 Å². The molecule has 3 rings (SSSR count). The van der Waals surface area contributed by atoms with Crippen molar-refractivity contribution in [2.45, 2.75) is 6.54 Å². The maximum absolute atomic E-state index is 12.7. The van der Waals surface area contributed by atoms with Gasteiger partial charge in [0.2, 0.25) is 0 Å². The van der Waals surface area contributed by atoms with E-state index in [9.17, 15) is 4.79 Å². The highest BCUT2D eigenvalue weighted by Crippen LogP contribution is 2.16. The maximum Gasteiger partial charge on any atom is 0.259 e. The Kier molecular flexibility index (Phi) is 3.78. The molecule has 1 aromatic carbocycles. The van der Waals surface area contributed by atoms with Gasteiger partial charge in [-0.3, -0.25) is 9.48 Å². The fourth-order valence-electron chi connectivity index (χ4n) is 2.50. The van der Waals surface area contributed by atoms with E-state index >= 15 is 0 Å². The fourth-order valence-corrected chi connectivity index (χ4v) is 2.50. The number of aryl methyl sites for hydroxylation is 1. The van der Waals surface area contributed by atoms with Crippen molar-refractivity contribution in [1.82, 2.24) is 19.2 Å². The number of carbonyl (C=O) groups is 1. The van der Waals surface area contributed by atoms with Gasteiger partial charge in [-0.15, -0.1) is 0 Å². The third-order valence-corrected chi connectivity index (χ3v) is 3.60. The zero-order valence-corrected chi connectivity index (χ0v) is 12.7. The molecule has 3 aromatic rings. The topological polar surface area (TPSA) is 43.1 Å². The Labute approximate surface area is 129 Å². The molecule has 0 saturated heterocycles. The van der Waals surface area contributed by atoms with Gasteiger partial charge in [0.15, 0.2) is 0 Å². The fraction of sp³-hybridized carbons (Fsp3) is 0.176. The molecule has 0 spiro atoms. The molecule has 2 aromatic heterocycles. The molecule has 0 fully saturated rings. The van der Waals surface area contributed by atoms with Crippen molar-refractivity contribution in [2.24, 2.45) is 7.05 Å². The molecule has 0 bridgehead atoms. The predicted molar refractivity (Wildman–Crippen MR) is 84.8 cm³/mol. The Hall–Kier alpha value is -2.82. The Morgan fingerprint density at radius 1 is 1.14 bits per heavy atom. The van der Waals surface area contributed by atoms with E-state index in [1.807, 2.05) is 73.5 Å². The van der Waals surface area contributed by atoms with Crippen molar-refractivity contribution in [2.75, 3.05) is 7.05 Å².